The second kappa shape index (κ2) is 7.10. The molecule has 0 radical (unpaired) electrons. The largest absolute Gasteiger partial charge is 0.376 e. The van der Waals surface area contributed by atoms with Crippen molar-refractivity contribution in [3.8, 4) is 0 Å². The maximum absolute atomic E-state index is 13.0. The van der Waals surface area contributed by atoms with Crippen LogP contribution in [-0.4, -0.2) is 65.6 Å². The summed E-state index contributed by atoms with van der Waals surface area (Å²) >= 11 is 0. The molecule has 1 aromatic heterocycles. The number of pyridine rings is 1. The number of ether oxygens (including phenoxy) is 1. The van der Waals surface area contributed by atoms with Crippen LogP contribution in [-0.2, 0) is 4.74 Å². The molecule has 0 bridgehead atoms. The predicted molar refractivity (Wildman–Crippen MR) is 97.7 cm³/mol. The van der Waals surface area contributed by atoms with Gasteiger partial charge in [-0.1, -0.05) is 18.2 Å². The number of likely N-dealkylation sites (tertiary alicyclic amines) is 1. The van der Waals surface area contributed by atoms with Crippen LogP contribution in [0, 0.1) is 0 Å². The highest BCUT2D eigenvalue weighted by molar-refractivity contribution is 6.05. The molecular formula is C20H25N3O2. The van der Waals surface area contributed by atoms with E-state index in [-0.39, 0.29) is 5.91 Å². The highest BCUT2D eigenvalue weighted by Crippen LogP contribution is 2.23. The fraction of sp³-hybridized carbons (Fsp3) is 0.500. The average Bonchev–Trinajstić information content (AvgIpc) is 2.67. The molecule has 2 saturated heterocycles. The summed E-state index contributed by atoms with van der Waals surface area (Å²) in [7, 11) is 0. The van der Waals surface area contributed by atoms with Crippen molar-refractivity contribution in [3.63, 3.8) is 0 Å². The zero-order valence-corrected chi connectivity index (χ0v) is 14.7. The summed E-state index contributed by atoms with van der Waals surface area (Å²) in [6.07, 6.45) is 4.14. The van der Waals surface area contributed by atoms with E-state index < -0.39 is 0 Å². The highest BCUT2D eigenvalue weighted by atomic mass is 16.5. The summed E-state index contributed by atoms with van der Waals surface area (Å²) in [5, 5.41) is 0.944. The molecule has 1 amide bonds. The first kappa shape index (κ1) is 16.5. The van der Waals surface area contributed by atoms with Crippen molar-refractivity contribution in [1.82, 2.24) is 14.8 Å². The lowest BCUT2D eigenvalue weighted by Gasteiger charge is -2.41. The van der Waals surface area contributed by atoms with Crippen molar-refractivity contribution in [1.29, 1.82) is 0 Å². The third-order valence-electron chi connectivity index (χ3n) is 5.42. The first-order valence-electron chi connectivity index (χ1n) is 9.21. The number of benzene rings is 1. The Bertz CT molecular complexity index is 750. The summed E-state index contributed by atoms with van der Waals surface area (Å²) < 4.78 is 5.64. The van der Waals surface area contributed by atoms with Gasteiger partial charge in [0, 0.05) is 43.8 Å². The predicted octanol–water partition coefficient (Wildman–Crippen LogP) is 2.56. The molecule has 5 nitrogen and oxygen atoms in total. The maximum Gasteiger partial charge on any atom is 0.254 e. The Morgan fingerprint density at radius 2 is 1.96 bits per heavy atom. The zero-order chi connectivity index (χ0) is 17.2. The number of aromatic nitrogens is 1. The van der Waals surface area contributed by atoms with Crippen molar-refractivity contribution in [3.05, 3.63) is 42.1 Å². The Morgan fingerprint density at radius 1 is 1.16 bits per heavy atom. The minimum atomic E-state index is 0.132. The number of amides is 1. The van der Waals surface area contributed by atoms with Crippen LogP contribution < -0.4 is 0 Å². The van der Waals surface area contributed by atoms with Crippen LogP contribution in [0.2, 0.25) is 0 Å². The minimum Gasteiger partial charge on any atom is -0.376 e. The first-order valence-corrected chi connectivity index (χ1v) is 9.21. The van der Waals surface area contributed by atoms with Crippen molar-refractivity contribution >= 4 is 16.8 Å². The van der Waals surface area contributed by atoms with Gasteiger partial charge in [0.15, 0.2) is 0 Å². The molecule has 0 spiro atoms. The van der Waals surface area contributed by atoms with Gasteiger partial charge in [0.1, 0.15) is 0 Å². The van der Waals surface area contributed by atoms with Gasteiger partial charge >= 0.3 is 0 Å². The summed E-state index contributed by atoms with van der Waals surface area (Å²) in [6.45, 7) is 6.63. The number of para-hydroxylation sites is 1. The Hall–Kier alpha value is -1.98. The van der Waals surface area contributed by atoms with Gasteiger partial charge in [-0.3, -0.25) is 14.7 Å². The number of fused-ring (bicyclic) bond motifs is 1. The SMILES string of the molecule is CC1CN(C2CCN(C(=O)c3ccnc4ccccc34)CC2)CCO1. The molecule has 2 fully saturated rings. The van der Waals surface area contributed by atoms with E-state index in [4.69, 9.17) is 4.74 Å². The van der Waals surface area contributed by atoms with E-state index in [0.717, 1.165) is 62.1 Å². The normalized spacial score (nSPS) is 23.1. The number of rotatable bonds is 2. The van der Waals surface area contributed by atoms with Crippen molar-refractivity contribution in [2.24, 2.45) is 0 Å². The fourth-order valence-electron chi connectivity index (χ4n) is 4.06. The molecule has 0 N–H and O–H groups in total. The van der Waals surface area contributed by atoms with E-state index in [2.05, 4.69) is 16.8 Å². The maximum atomic E-state index is 13.0. The number of hydrogen-bond donors (Lipinski definition) is 0. The van der Waals surface area contributed by atoms with Gasteiger partial charge < -0.3 is 9.64 Å². The van der Waals surface area contributed by atoms with E-state index in [9.17, 15) is 4.79 Å². The van der Waals surface area contributed by atoms with Crippen molar-refractivity contribution in [2.45, 2.75) is 31.9 Å². The zero-order valence-electron chi connectivity index (χ0n) is 14.7. The van der Waals surface area contributed by atoms with E-state index in [1.165, 1.54) is 0 Å². The minimum absolute atomic E-state index is 0.132. The van der Waals surface area contributed by atoms with Crippen LogP contribution >= 0.6 is 0 Å². The number of hydrogen-bond acceptors (Lipinski definition) is 4. The van der Waals surface area contributed by atoms with Crippen LogP contribution in [0.1, 0.15) is 30.1 Å². The fourth-order valence-corrected chi connectivity index (χ4v) is 4.06. The Labute approximate surface area is 148 Å². The van der Waals surface area contributed by atoms with Gasteiger partial charge in [0.25, 0.3) is 5.91 Å². The van der Waals surface area contributed by atoms with Gasteiger partial charge in [0.05, 0.1) is 23.8 Å². The molecule has 1 atom stereocenters. The van der Waals surface area contributed by atoms with E-state index >= 15 is 0 Å². The van der Waals surface area contributed by atoms with E-state index in [1.807, 2.05) is 35.2 Å². The molecule has 0 aliphatic carbocycles. The topological polar surface area (TPSA) is 45.7 Å². The molecule has 3 heterocycles. The van der Waals surface area contributed by atoms with Gasteiger partial charge in [-0.2, -0.15) is 0 Å². The number of piperidine rings is 1. The highest BCUT2D eigenvalue weighted by Gasteiger charge is 2.30. The molecule has 5 heteroatoms. The molecule has 1 unspecified atom stereocenters. The lowest BCUT2D eigenvalue weighted by molar-refractivity contribution is -0.0423. The van der Waals surface area contributed by atoms with Crippen LogP contribution in [0.15, 0.2) is 36.5 Å². The summed E-state index contributed by atoms with van der Waals surface area (Å²) in [4.78, 5) is 21.9. The Morgan fingerprint density at radius 3 is 2.76 bits per heavy atom. The third-order valence-corrected chi connectivity index (χ3v) is 5.42. The molecule has 1 aromatic carbocycles. The standard InChI is InChI=1S/C20H25N3O2/c1-15-14-23(12-13-25-15)16-7-10-22(11-8-16)20(24)18-6-9-21-19-5-3-2-4-17(18)19/h2-6,9,15-16H,7-8,10-14H2,1H3. The molecular weight excluding hydrogens is 314 g/mol. The molecule has 25 heavy (non-hydrogen) atoms. The van der Waals surface area contributed by atoms with E-state index in [1.54, 1.807) is 6.20 Å². The van der Waals surface area contributed by atoms with Crippen LogP contribution in [0.5, 0.6) is 0 Å². The van der Waals surface area contributed by atoms with Gasteiger partial charge in [-0.05, 0) is 31.9 Å². The van der Waals surface area contributed by atoms with Crippen molar-refractivity contribution in [2.75, 3.05) is 32.8 Å². The van der Waals surface area contributed by atoms with Crippen LogP contribution in [0.25, 0.3) is 10.9 Å². The number of morpholine rings is 1. The molecule has 2 aliphatic heterocycles. The first-order chi connectivity index (χ1) is 12.2. The Kier molecular flexibility index (Phi) is 4.68. The second-order valence-electron chi connectivity index (χ2n) is 7.08. The van der Waals surface area contributed by atoms with Crippen molar-refractivity contribution < 1.29 is 9.53 Å². The van der Waals surface area contributed by atoms with Gasteiger partial charge in [-0.25, -0.2) is 0 Å². The average molecular weight is 339 g/mol. The second-order valence-corrected chi connectivity index (χ2v) is 7.08. The summed E-state index contributed by atoms with van der Waals surface area (Å²) in [5.41, 5.74) is 1.65. The van der Waals surface area contributed by atoms with E-state index in [0.29, 0.717) is 12.1 Å². The lowest BCUT2D eigenvalue weighted by atomic mass is 10.0. The third kappa shape index (κ3) is 3.39. The molecule has 2 aromatic rings. The molecule has 2 aliphatic rings. The van der Waals surface area contributed by atoms with Gasteiger partial charge in [-0.15, -0.1) is 0 Å². The number of carbonyl (C=O) groups is 1. The molecule has 4 rings (SSSR count). The number of nitrogens with zero attached hydrogens (tertiary/aromatic N) is 3. The quantitative estimate of drug-likeness (QED) is 0.844. The van der Waals surface area contributed by atoms with Crippen LogP contribution in [0.3, 0.4) is 0 Å². The monoisotopic (exact) mass is 339 g/mol. The summed E-state index contributed by atoms with van der Waals surface area (Å²) in [6, 6.07) is 10.3. The smallest absolute Gasteiger partial charge is 0.254 e. The summed E-state index contributed by atoms with van der Waals surface area (Å²) in [5.74, 6) is 0.132. The van der Waals surface area contributed by atoms with Crippen LogP contribution in [0.4, 0.5) is 0 Å². The lowest BCUT2D eigenvalue weighted by Crippen LogP contribution is -2.51. The Balaban J connectivity index is 1.44. The molecule has 132 valence electrons. The number of carbonyl (C=O) groups excluding carboxylic acids is 1. The molecule has 0 saturated carbocycles. The van der Waals surface area contributed by atoms with Gasteiger partial charge in [0.2, 0.25) is 0 Å².